The Labute approximate surface area is 436 Å². The van der Waals surface area contributed by atoms with Crippen LogP contribution in [0.3, 0.4) is 0 Å². The normalized spacial score (nSPS) is 17.0. The Morgan fingerprint density at radius 1 is 0.703 bits per heavy atom. The van der Waals surface area contributed by atoms with E-state index in [4.69, 9.17) is 9.66 Å². The molecular weight excluding hydrogens is 1010 g/mol. The number of benzene rings is 2. The molecule has 0 saturated carbocycles. The van der Waals surface area contributed by atoms with Crippen molar-refractivity contribution in [3.8, 4) is 0 Å². The number of unbranched alkanes of at least 4 members (excludes halogenated alkanes) is 5. The lowest BCUT2D eigenvalue weighted by atomic mass is 9.75. The van der Waals surface area contributed by atoms with Gasteiger partial charge in [0.05, 0.1) is 21.8 Å². The van der Waals surface area contributed by atoms with E-state index in [1.807, 2.05) is 37.0 Å². The molecule has 8 N–H and O–H groups in total. The maximum atomic E-state index is 13.0. The molecule has 0 spiro atoms. The molecule has 2 aliphatic heterocycles. The fourth-order valence-electron chi connectivity index (χ4n) is 9.42. The molecule has 0 aliphatic carbocycles. The summed E-state index contributed by atoms with van der Waals surface area (Å²) in [5.74, 6) is -1.03. The Hall–Kier alpha value is -5.53. The average Bonchev–Trinajstić information content (AvgIpc) is 3.68. The summed E-state index contributed by atoms with van der Waals surface area (Å²) in [6, 6.07) is 12.8. The van der Waals surface area contributed by atoms with Gasteiger partial charge in [-0.05, 0) is 81.7 Å². The van der Waals surface area contributed by atoms with Crippen molar-refractivity contribution < 1.29 is 58.2 Å². The van der Waals surface area contributed by atoms with Crippen molar-refractivity contribution in [3.63, 3.8) is 0 Å². The van der Waals surface area contributed by atoms with Crippen LogP contribution in [0.25, 0.3) is 0 Å². The lowest BCUT2D eigenvalue weighted by Crippen LogP contribution is -2.31. The van der Waals surface area contributed by atoms with Gasteiger partial charge in [-0.15, -0.1) is 0 Å². The number of carbonyl (C=O) groups is 2. The Bertz CT molecular complexity index is 2880. The number of nitrogens with one attached hydrogen (secondary N) is 4. The molecule has 74 heavy (non-hydrogen) atoms. The Morgan fingerprint density at radius 3 is 1.95 bits per heavy atom. The summed E-state index contributed by atoms with van der Waals surface area (Å²) < 4.78 is 101. The van der Waals surface area contributed by atoms with Gasteiger partial charge in [-0.3, -0.25) is 23.2 Å². The summed E-state index contributed by atoms with van der Waals surface area (Å²) in [6.07, 6.45) is 14.5. The first kappa shape index (κ1) is 59.3. The highest BCUT2D eigenvalue weighted by Gasteiger charge is 2.47. The Balaban J connectivity index is 1.19. The van der Waals surface area contributed by atoms with Gasteiger partial charge < -0.3 is 31.3 Å². The number of carboxylic acid groups (broad SMARTS) is 1. The van der Waals surface area contributed by atoms with Gasteiger partial charge in [-0.25, -0.2) is 0 Å². The lowest BCUT2D eigenvalue weighted by molar-refractivity contribution is -0.438. The third-order valence-corrected chi connectivity index (χ3v) is 15.7. The smallest absolute Gasteiger partial charge is 0.303 e. The molecule has 5 rings (SSSR count). The van der Waals surface area contributed by atoms with Crippen LogP contribution >= 0.6 is 0 Å². The van der Waals surface area contributed by atoms with E-state index >= 15 is 0 Å². The number of aromatic nitrogens is 3. The van der Waals surface area contributed by atoms with Crippen molar-refractivity contribution in [1.29, 1.82) is 0 Å². The molecule has 0 radical (unpaired) electrons. The highest BCUT2D eigenvalue weighted by Crippen LogP contribution is 2.49. The molecule has 21 nitrogen and oxygen atoms in total. The molecule has 0 fully saturated rings. The molecule has 1 atom stereocenters. The SMILES string of the molecule is CCCC[N+]1=C(/C=C/C=C2/N(CCCS(=O)(=O)O)c3ccc(S(=O)(=O)O)cc3C2(C)C)C(C)(CCCCCC(=O)NCCCNc2nc(NCCCCCC(=O)O)nc(NCCCS(=O)(=O)O)n2)c2ccccc21. The average molecular weight is 1090 g/mol. The Morgan fingerprint density at radius 2 is 1.31 bits per heavy atom. The number of allylic oxidation sites excluding steroid dienone is 4. The third kappa shape index (κ3) is 17.5. The summed E-state index contributed by atoms with van der Waals surface area (Å²) in [5.41, 5.74) is 4.48. The number of carbonyl (C=O) groups excluding carboxylic acids is 1. The number of aliphatic carboxylic acids is 1. The van der Waals surface area contributed by atoms with E-state index in [1.165, 1.54) is 17.7 Å². The molecule has 1 aromatic heterocycles. The second-order valence-electron chi connectivity index (χ2n) is 19.4. The molecule has 24 heteroatoms. The van der Waals surface area contributed by atoms with Gasteiger partial charge in [0, 0.05) is 86.5 Å². The first-order valence-corrected chi connectivity index (χ1v) is 30.0. The van der Waals surface area contributed by atoms with Crippen molar-refractivity contribution in [1.82, 2.24) is 20.3 Å². The first-order chi connectivity index (χ1) is 34.9. The molecule has 2 aliphatic rings. The van der Waals surface area contributed by atoms with Gasteiger partial charge in [0.1, 0.15) is 6.54 Å². The molecule has 408 valence electrons. The maximum Gasteiger partial charge on any atom is 0.303 e. The van der Waals surface area contributed by atoms with Gasteiger partial charge in [0.15, 0.2) is 5.71 Å². The minimum atomic E-state index is -4.50. The number of carboxylic acids is 1. The van der Waals surface area contributed by atoms with Crippen LogP contribution < -0.4 is 26.2 Å². The van der Waals surface area contributed by atoms with Crippen LogP contribution in [-0.4, -0.2) is 132 Å². The number of nitrogens with zero attached hydrogens (tertiary/aromatic N) is 5. The van der Waals surface area contributed by atoms with Crippen molar-refractivity contribution in [2.75, 3.05) is 71.6 Å². The largest absolute Gasteiger partial charge is 0.481 e. The van der Waals surface area contributed by atoms with Crippen LogP contribution in [0.5, 0.6) is 0 Å². The summed E-state index contributed by atoms with van der Waals surface area (Å²) in [6.45, 7) is 10.9. The zero-order valence-corrected chi connectivity index (χ0v) is 45.3. The Kier molecular flexibility index (Phi) is 21.5. The molecule has 2 aromatic carbocycles. The molecule has 3 aromatic rings. The highest BCUT2D eigenvalue weighted by atomic mass is 32.2. The van der Waals surface area contributed by atoms with Gasteiger partial charge >= 0.3 is 5.97 Å². The highest BCUT2D eigenvalue weighted by molar-refractivity contribution is 7.86. The molecule has 0 saturated heterocycles. The van der Waals surface area contributed by atoms with Crippen molar-refractivity contribution in [2.45, 2.75) is 133 Å². The quantitative estimate of drug-likeness (QED) is 0.0171. The van der Waals surface area contributed by atoms with Crippen LogP contribution in [0.4, 0.5) is 29.2 Å². The zero-order valence-electron chi connectivity index (χ0n) is 42.8. The molecule has 1 unspecified atom stereocenters. The second-order valence-corrected chi connectivity index (χ2v) is 24.0. The summed E-state index contributed by atoms with van der Waals surface area (Å²) in [5, 5.41) is 21.1. The first-order valence-electron chi connectivity index (χ1n) is 25.3. The standard InChI is InChI=1S/C50H73N9O12S3/c1-5-6-32-59-40-20-12-11-19-38(40)50(4,43(59)22-15-21-42-49(2,3)39-36-37(74(69,70)71)25-26-41(39)58(42)33-18-35-73(66,67)68)27-13-7-9-23-44(60)51-29-16-30-53-47-55-46(52-28-14-8-10-24-45(61)62)56-48(57-47)54-31-17-34-72(63,64)65/h11-12,15,19-22,25-26,36H,5-10,13-14,16-18,23-24,27-35H2,1-4H3,(H7-,51,52,53,54,55,56,57,60,61,62,63,64,65,66,67,68,69,70,71)/p+1. The fourth-order valence-corrected chi connectivity index (χ4v) is 10.9. The van der Waals surface area contributed by atoms with Gasteiger partial charge in [0.25, 0.3) is 30.4 Å². The van der Waals surface area contributed by atoms with E-state index < -0.39 is 53.2 Å². The van der Waals surface area contributed by atoms with E-state index in [1.54, 1.807) is 6.07 Å². The molecule has 1 amide bonds. The number of rotatable bonds is 33. The predicted octanol–water partition coefficient (Wildman–Crippen LogP) is 7.11. The van der Waals surface area contributed by atoms with Crippen LogP contribution in [-0.2, 0) is 50.8 Å². The van der Waals surface area contributed by atoms with E-state index in [2.05, 4.69) is 78.9 Å². The number of para-hydroxylation sites is 1. The summed E-state index contributed by atoms with van der Waals surface area (Å²) in [7, 11) is -12.8. The van der Waals surface area contributed by atoms with Gasteiger partial charge in [0.2, 0.25) is 29.4 Å². The second kappa shape index (κ2) is 26.8. The maximum absolute atomic E-state index is 13.0. The molecular formula is C50H74N9O12S3+. The minimum absolute atomic E-state index is 0.0546. The van der Waals surface area contributed by atoms with Crippen molar-refractivity contribution >= 4 is 77.2 Å². The summed E-state index contributed by atoms with van der Waals surface area (Å²) >= 11 is 0. The van der Waals surface area contributed by atoms with Crippen LogP contribution in [0.2, 0.25) is 0 Å². The number of hydrogen-bond donors (Lipinski definition) is 8. The topological polar surface area (TPSA) is 311 Å². The number of fused-ring (bicyclic) bond motifs is 2. The van der Waals surface area contributed by atoms with Crippen LogP contribution in [0.1, 0.15) is 129 Å². The zero-order chi connectivity index (χ0) is 54.2. The van der Waals surface area contributed by atoms with Crippen molar-refractivity contribution in [2.24, 2.45) is 0 Å². The van der Waals surface area contributed by atoms with Gasteiger partial charge in [-0.2, -0.15) is 44.8 Å². The van der Waals surface area contributed by atoms with Crippen LogP contribution in [0.15, 0.2) is 71.3 Å². The van der Waals surface area contributed by atoms with E-state index in [-0.39, 0.29) is 66.4 Å². The lowest BCUT2D eigenvalue weighted by Gasteiger charge is -2.27. The van der Waals surface area contributed by atoms with E-state index in [0.717, 1.165) is 55.7 Å². The summed E-state index contributed by atoms with van der Waals surface area (Å²) in [4.78, 5) is 38.6. The van der Waals surface area contributed by atoms with E-state index in [9.17, 15) is 43.9 Å². The van der Waals surface area contributed by atoms with Gasteiger partial charge in [-0.1, -0.05) is 70.7 Å². The minimum Gasteiger partial charge on any atom is -0.481 e. The fraction of sp³-hybridized carbons (Fsp3) is 0.560. The number of amides is 1. The number of hydrogen-bond acceptors (Lipinski definition) is 15. The molecule has 0 bridgehead atoms. The molecule has 3 heterocycles. The monoisotopic (exact) mass is 1090 g/mol. The number of anilines is 4. The van der Waals surface area contributed by atoms with Crippen LogP contribution in [0, 0.1) is 0 Å². The van der Waals surface area contributed by atoms with E-state index in [0.29, 0.717) is 69.4 Å². The van der Waals surface area contributed by atoms with Crippen molar-refractivity contribution in [3.05, 3.63) is 77.5 Å². The predicted molar refractivity (Wildman–Crippen MR) is 287 cm³/mol. The third-order valence-electron chi connectivity index (χ3n) is 13.2.